The molecule has 2 atom stereocenters. The Morgan fingerprint density at radius 3 is 1.82 bits per heavy atom. The number of aliphatic hydroxyl groups is 2. The molecule has 0 saturated carbocycles. The van der Waals surface area contributed by atoms with E-state index in [2.05, 4.69) is 79.9 Å². The zero-order valence-electron chi connectivity index (χ0n) is 24.4. The van der Waals surface area contributed by atoms with Crippen LogP contribution in [0.5, 0.6) is 0 Å². The Bertz CT molecular complexity index is 703. The van der Waals surface area contributed by atoms with Gasteiger partial charge in [-0.2, -0.15) is 0 Å². The third-order valence-corrected chi connectivity index (χ3v) is 6.13. The van der Waals surface area contributed by atoms with E-state index < -0.39 is 12.1 Å². The third-order valence-electron chi connectivity index (χ3n) is 6.13. The molecule has 0 aromatic rings. The van der Waals surface area contributed by atoms with Crippen molar-refractivity contribution in [3.8, 4) is 0 Å². The van der Waals surface area contributed by atoms with Gasteiger partial charge in [0.1, 0.15) is 0 Å². The molecule has 0 aromatic carbocycles. The summed E-state index contributed by atoms with van der Waals surface area (Å²) in [4.78, 5) is 12.2. The molecule has 0 spiro atoms. The molecule has 0 saturated heterocycles. The number of hydrogen-bond donors (Lipinski definition) is 3. The summed E-state index contributed by atoms with van der Waals surface area (Å²) in [5.74, 6) is -0.103. The minimum absolute atomic E-state index is 0.103. The summed E-state index contributed by atoms with van der Waals surface area (Å²) in [5.41, 5.74) is 0. The van der Waals surface area contributed by atoms with Gasteiger partial charge in [-0.05, 0) is 70.6 Å². The van der Waals surface area contributed by atoms with E-state index in [1.165, 1.54) is 19.3 Å². The van der Waals surface area contributed by atoms with Gasteiger partial charge >= 0.3 is 0 Å². The molecule has 4 heteroatoms. The van der Waals surface area contributed by atoms with Gasteiger partial charge in [0.2, 0.25) is 5.91 Å². The van der Waals surface area contributed by atoms with Crippen LogP contribution in [-0.4, -0.2) is 34.9 Å². The maximum atomic E-state index is 12.2. The first-order chi connectivity index (χ1) is 18.7. The van der Waals surface area contributed by atoms with Gasteiger partial charge in [0, 0.05) is 6.42 Å². The Hall–Kier alpha value is -2.17. The molecular formula is C34H57NO3. The average molecular weight is 528 g/mol. The fourth-order valence-corrected chi connectivity index (χ4v) is 3.82. The predicted molar refractivity (Wildman–Crippen MR) is 165 cm³/mol. The summed E-state index contributed by atoms with van der Waals surface area (Å²) in [6.45, 7) is 4.06. The Morgan fingerprint density at radius 1 is 0.658 bits per heavy atom. The highest BCUT2D eigenvalue weighted by atomic mass is 16.3. The molecule has 1 amide bonds. The molecule has 0 aliphatic rings. The van der Waals surface area contributed by atoms with Crippen LogP contribution < -0.4 is 5.32 Å². The van der Waals surface area contributed by atoms with Crippen molar-refractivity contribution >= 4 is 5.91 Å². The van der Waals surface area contributed by atoms with Gasteiger partial charge in [-0.25, -0.2) is 0 Å². The number of amides is 1. The first kappa shape index (κ1) is 35.8. The summed E-state index contributed by atoms with van der Waals surface area (Å²) < 4.78 is 0. The fourth-order valence-electron chi connectivity index (χ4n) is 3.82. The molecule has 0 heterocycles. The molecule has 0 bridgehead atoms. The number of carbonyl (C=O) groups is 1. The summed E-state index contributed by atoms with van der Waals surface area (Å²) in [5, 5.41) is 22.7. The molecule has 38 heavy (non-hydrogen) atoms. The molecule has 0 fully saturated rings. The van der Waals surface area contributed by atoms with E-state index in [9.17, 15) is 15.0 Å². The van der Waals surface area contributed by atoms with E-state index in [-0.39, 0.29) is 12.5 Å². The van der Waals surface area contributed by atoms with Gasteiger partial charge in [-0.3, -0.25) is 4.79 Å². The number of rotatable bonds is 25. The third kappa shape index (κ3) is 25.5. The van der Waals surface area contributed by atoms with Crippen LogP contribution in [0.2, 0.25) is 0 Å². The van der Waals surface area contributed by atoms with Crippen LogP contribution in [0.25, 0.3) is 0 Å². The standard InChI is InChI=1S/C34H57NO3/c1-3-5-7-9-11-13-15-16-17-18-20-22-24-26-28-30-34(38)35-32(31-36)33(37)29-27-25-23-21-19-14-12-10-8-6-4-2/h5,7-8,10-11,13,16-17,19,21,27,29,32-33,36-37H,3-4,6,9,12,14-15,18,20,22-26,28,30-31H2,1-2H3,(H,35,38)/b7-5-,10-8+,13-11-,17-16-,21-19+,29-27+. The molecule has 0 aliphatic carbocycles. The van der Waals surface area contributed by atoms with Crippen molar-refractivity contribution in [2.45, 2.75) is 129 Å². The first-order valence-corrected chi connectivity index (χ1v) is 15.2. The molecule has 0 aromatic heterocycles. The second-order valence-electron chi connectivity index (χ2n) is 9.76. The van der Waals surface area contributed by atoms with Crippen LogP contribution >= 0.6 is 0 Å². The van der Waals surface area contributed by atoms with E-state index in [0.717, 1.165) is 77.0 Å². The van der Waals surface area contributed by atoms with E-state index >= 15 is 0 Å². The minimum atomic E-state index is -0.877. The fraction of sp³-hybridized carbons (Fsp3) is 0.618. The number of hydrogen-bond acceptors (Lipinski definition) is 3. The number of carbonyl (C=O) groups excluding carboxylic acids is 1. The van der Waals surface area contributed by atoms with Crippen molar-refractivity contribution in [3.05, 3.63) is 72.9 Å². The molecule has 0 aliphatic heterocycles. The lowest BCUT2D eigenvalue weighted by atomic mass is 10.1. The topological polar surface area (TPSA) is 69.6 Å². The highest BCUT2D eigenvalue weighted by Gasteiger charge is 2.17. The largest absolute Gasteiger partial charge is 0.394 e. The lowest BCUT2D eigenvalue weighted by Crippen LogP contribution is -2.45. The second-order valence-corrected chi connectivity index (χ2v) is 9.76. The highest BCUT2D eigenvalue weighted by molar-refractivity contribution is 5.76. The Kier molecular flexibility index (Phi) is 27.7. The zero-order chi connectivity index (χ0) is 27.9. The first-order valence-electron chi connectivity index (χ1n) is 15.2. The van der Waals surface area contributed by atoms with Crippen molar-refractivity contribution in [2.75, 3.05) is 6.61 Å². The van der Waals surface area contributed by atoms with Crippen molar-refractivity contribution in [3.63, 3.8) is 0 Å². The van der Waals surface area contributed by atoms with Gasteiger partial charge in [0.15, 0.2) is 0 Å². The van der Waals surface area contributed by atoms with Crippen LogP contribution in [-0.2, 0) is 4.79 Å². The van der Waals surface area contributed by atoms with E-state index in [0.29, 0.717) is 6.42 Å². The number of unbranched alkanes of at least 4 members (excludes halogenated alkanes) is 8. The van der Waals surface area contributed by atoms with Crippen molar-refractivity contribution in [1.82, 2.24) is 5.32 Å². The maximum Gasteiger partial charge on any atom is 0.220 e. The van der Waals surface area contributed by atoms with Crippen LogP contribution in [0.4, 0.5) is 0 Å². The lowest BCUT2D eigenvalue weighted by molar-refractivity contribution is -0.123. The average Bonchev–Trinajstić information content (AvgIpc) is 2.92. The normalized spacial score (nSPS) is 14.3. The molecule has 3 N–H and O–H groups in total. The number of nitrogens with one attached hydrogen (secondary N) is 1. The highest BCUT2D eigenvalue weighted by Crippen LogP contribution is 2.09. The summed E-state index contributed by atoms with van der Waals surface area (Å²) in [7, 11) is 0. The predicted octanol–water partition coefficient (Wildman–Crippen LogP) is 8.44. The van der Waals surface area contributed by atoms with E-state index in [1.807, 2.05) is 6.08 Å². The molecule has 2 unspecified atom stereocenters. The van der Waals surface area contributed by atoms with Crippen LogP contribution in [0, 0.1) is 0 Å². The Labute approximate surface area is 234 Å². The quantitative estimate of drug-likeness (QED) is 0.0824. The summed E-state index contributed by atoms with van der Waals surface area (Å²) in [6.07, 6.45) is 41.1. The van der Waals surface area contributed by atoms with Gasteiger partial charge in [-0.1, -0.05) is 112 Å². The van der Waals surface area contributed by atoms with Gasteiger partial charge in [-0.15, -0.1) is 0 Å². The van der Waals surface area contributed by atoms with Gasteiger partial charge in [0.05, 0.1) is 18.8 Å². The van der Waals surface area contributed by atoms with Crippen molar-refractivity contribution in [1.29, 1.82) is 0 Å². The Morgan fingerprint density at radius 2 is 1.18 bits per heavy atom. The molecule has 0 radical (unpaired) electrons. The Balaban J connectivity index is 3.82. The van der Waals surface area contributed by atoms with Crippen molar-refractivity contribution < 1.29 is 15.0 Å². The van der Waals surface area contributed by atoms with Crippen LogP contribution in [0.3, 0.4) is 0 Å². The SMILES string of the molecule is CC/C=C\C/C=C\C/C=C\CCCCCCCC(=O)NC(CO)C(O)/C=C/CC/C=C/CC/C=C/CCC. The van der Waals surface area contributed by atoms with Crippen molar-refractivity contribution in [2.24, 2.45) is 0 Å². The molecule has 4 nitrogen and oxygen atoms in total. The monoisotopic (exact) mass is 527 g/mol. The smallest absolute Gasteiger partial charge is 0.220 e. The summed E-state index contributed by atoms with van der Waals surface area (Å²) in [6, 6.07) is -0.654. The maximum absolute atomic E-state index is 12.2. The minimum Gasteiger partial charge on any atom is -0.394 e. The lowest BCUT2D eigenvalue weighted by Gasteiger charge is -2.19. The zero-order valence-corrected chi connectivity index (χ0v) is 24.4. The van der Waals surface area contributed by atoms with Gasteiger partial charge < -0.3 is 15.5 Å². The second kappa shape index (κ2) is 29.4. The summed E-state index contributed by atoms with van der Waals surface area (Å²) >= 11 is 0. The van der Waals surface area contributed by atoms with Crippen LogP contribution in [0.1, 0.15) is 117 Å². The van der Waals surface area contributed by atoms with E-state index in [1.54, 1.807) is 6.08 Å². The molecule has 216 valence electrons. The molecule has 0 rings (SSSR count). The van der Waals surface area contributed by atoms with Crippen LogP contribution in [0.15, 0.2) is 72.9 Å². The van der Waals surface area contributed by atoms with Gasteiger partial charge in [0.25, 0.3) is 0 Å². The van der Waals surface area contributed by atoms with E-state index in [4.69, 9.17) is 0 Å². The number of aliphatic hydroxyl groups excluding tert-OH is 2. The number of allylic oxidation sites excluding steroid dienone is 11. The molecular weight excluding hydrogens is 470 g/mol.